The minimum absolute atomic E-state index is 0.0755. The molecule has 0 radical (unpaired) electrons. The number of nitrogens with zero attached hydrogens (tertiary/aromatic N) is 3. The van der Waals surface area contributed by atoms with Gasteiger partial charge in [0.25, 0.3) is 5.91 Å². The normalized spacial score (nSPS) is 24.8. The molecule has 1 aromatic carbocycles. The molecular weight excluding hydrogens is 344 g/mol. The van der Waals surface area contributed by atoms with Crippen LogP contribution in [0, 0.1) is 5.92 Å². The fourth-order valence-electron chi connectivity index (χ4n) is 3.68. The lowest BCUT2D eigenvalue weighted by Gasteiger charge is -2.38. The summed E-state index contributed by atoms with van der Waals surface area (Å²) in [6.07, 6.45) is 6.39. The smallest absolute Gasteiger partial charge is 0.276 e. The summed E-state index contributed by atoms with van der Waals surface area (Å²) in [6, 6.07) is 7.88. The Morgan fingerprint density at radius 1 is 1.35 bits per heavy atom. The zero-order valence-electron chi connectivity index (χ0n) is 15.2. The van der Waals surface area contributed by atoms with Crippen LogP contribution in [0.25, 0.3) is 5.70 Å². The van der Waals surface area contributed by atoms with Crippen molar-refractivity contribution in [2.45, 2.75) is 45.7 Å². The Morgan fingerprint density at radius 2 is 2.19 bits per heavy atom. The molecule has 2 atom stereocenters. The van der Waals surface area contributed by atoms with Crippen molar-refractivity contribution < 1.29 is 4.79 Å². The van der Waals surface area contributed by atoms with Crippen LogP contribution in [0.2, 0.25) is 0 Å². The van der Waals surface area contributed by atoms with E-state index in [0.717, 1.165) is 42.0 Å². The first-order chi connectivity index (χ1) is 12.7. The zero-order chi connectivity index (χ0) is 18.1. The largest absolute Gasteiger partial charge is 0.298 e. The van der Waals surface area contributed by atoms with Crippen molar-refractivity contribution in [2.75, 3.05) is 5.75 Å². The number of hydrazone groups is 1. The Kier molecular flexibility index (Phi) is 4.85. The number of para-hydroxylation sites is 1. The third-order valence-corrected chi connectivity index (χ3v) is 6.16. The van der Waals surface area contributed by atoms with E-state index in [4.69, 9.17) is 10.1 Å². The second-order valence-corrected chi connectivity index (χ2v) is 8.13. The highest BCUT2D eigenvalue weighted by molar-refractivity contribution is 8.13. The number of nitrogens with one attached hydrogen (secondary N) is 1. The van der Waals surface area contributed by atoms with Crippen molar-refractivity contribution in [1.82, 2.24) is 10.3 Å². The maximum atomic E-state index is 12.9. The van der Waals surface area contributed by atoms with Gasteiger partial charge in [-0.3, -0.25) is 15.1 Å². The number of amides is 1. The van der Waals surface area contributed by atoms with Crippen molar-refractivity contribution in [2.24, 2.45) is 16.0 Å². The van der Waals surface area contributed by atoms with E-state index >= 15 is 0 Å². The van der Waals surface area contributed by atoms with E-state index in [0.29, 0.717) is 16.8 Å². The number of thioether (sulfide) groups is 1. The Balaban J connectivity index is 1.80. The average Bonchev–Trinajstić information content (AvgIpc) is 2.66. The van der Waals surface area contributed by atoms with E-state index in [-0.39, 0.29) is 12.1 Å². The van der Waals surface area contributed by atoms with Gasteiger partial charge in [0, 0.05) is 16.9 Å². The number of hydrogen-bond donors (Lipinski definition) is 1. The highest BCUT2D eigenvalue weighted by Crippen LogP contribution is 2.32. The van der Waals surface area contributed by atoms with Crippen LogP contribution in [0.1, 0.15) is 39.5 Å². The van der Waals surface area contributed by atoms with Crippen LogP contribution in [0.5, 0.6) is 0 Å². The standard InChI is InChI=1S/C20H24N4OS/c1-3-12-26-20-22-19(25)17-15-6-4-5-7-16(15)21-18(24(17)23-20)14-10-8-13(2)9-11-14/h4-8,14,18H,3,9-12H2,1-2H3,(H,22,23,25). The van der Waals surface area contributed by atoms with Gasteiger partial charge in [-0.05, 0) is 38.7 Å². The molecule has 0 bridgehead atoms. The first kappa shape index (κ1) is 17.3. The third kappa shape index (κ3) is 3.18. The molecule has 1 amide bonds. The third-order valence-electron chi connectivity index (χ3n) is 5.09. The van der Waals surface area contributed by atoms with Crippen LogP contribution in [0.3, 0.4) is 0 Å². The Labute approximate surface area is 157 Å². The number of benzene rings is 1. The molecule has 2 heterocycles. The number of carbonyl (C=O) groups excluding carboxylic acids is 1. The van der Waals surface area contributed by atoms with Gasteiger partial charge in [-0.1, -0.05) is 48.5 Å². The van der Waals surface area contributed by atoms with Gasteiger partial charge in [0.2, 0.25) is 0 Å². The fourth-order valence-corrected chi connectivity index (χ4v) is 4.39. The molecule has 0 fully saturated rings. The summed E-state index contributed by atoms with van der Waals surface area (Å²) in [6.45, 7) is 4.31. The summed E-state index contributed by atoms with van der Waals surface area (Å²) in [5.41, 5.74) is 2.08. The molecule has 1 aliphatic carbocycles. The second-order valence-electron chi connectivity index (χ2n) is 7.05. The number of fused-ring (bicyclic) bond motifs is 2. The minimum Gasteiger partial charge on any atom is -0.298 e. The SMILES string of the molecule is CCCSC1=NN2C(=c3ccccc3=NC2C2CC=C(C)CC2)C(=O)N1. The van der Waals surface area contributed by atoms with Crippen LogP contribution in [0.15, 0.2) is 46.0 Å². The summed E-state index contributed by atoms with van der Waals surface area (Å²) in [5.74, 6) is 1.23. The number of allylic oxidation sites excluding steroid dienone is 2. The van der Waals surface area contributed by atoms with E-state index in [2.05, 4.69) is 25.2 Å². The molecule has 26 heavy (non-hydrogen) atoms. The summed E-state index contributed by atoms with van der Waals surface area (Å²) in [5, 5.41) is 12.1. The second kappa shape index (κ2) is 7.27. The average molecular weight is 369 g/mol. The van der Waals surface area contributed by atoms with Crippen LogP contribution in [-0.4, -0.2) is 28.0 Å². The molecule has 0 saturated carbocycles. The number of hydrogen-bond acceptors (Lipinski definition) is 5. The van der Waals surface area contributed by atoms with Crippen LogP contribution in [-0.2, 0) is 4.79 Å². The van der Waals surface area contributed by atoms with Gasteiger partial charge in [-0.25, -0.2) is 5.01 Å². The molecule has 3 aliphatic rings. The molecule has 0 aromatic heterocycles. The highest BCUT2D eigenvalue weighted by Gasteiger charge is 2.37. The first-order valence-corrected chi connectivity index (χ1v) is 10.3. The van der Waals surface area contributed by atoms with Crippen molar-refractivity contribution in [3.8, 4) is 0 Å². The monoisotopic (exact) mass is 368 g/mol. The molecule has 1 aromatic rings. The minimum atomic E-state index is -0.118. The maximum Gasteiger partial charge on any atom is 0.276 e. The van der Waals surface area contributed by atoms with Crippen molar-refractivity contribution in [3.05, 3.63) is 46.5 Å². The Hall–Kier alpha value is -2.08. The number of amidine groups is 1. The van der Waals surface area contributed by atoms with Gasteiger partial charge >= 0.3 is 0 Å². The van der Waals surface area contributed by atoms with E-state index < -0.39 is 0 Å². The molecule has 0 saturated heterocycles. The van der Waals surface area contributed by atoms with Gasteiger partial charge in [-0.15, -0.1) is 5.10 Å². The van der Waals surface area contributed by atoms with Crippen LogP contribution in [0.4, 0.5) is 0 Å². The lowest BCUT2D eigenvalue weighted by molar-refractivity contribution is -0.116. The molecular formula is C20H24N4OS. The van der Waals surface area contributed by atoms with Gasteiger partial charge in [0.1, 0.15) is 11.9 Å². The first-order valence-electron chi connectivity index (χ1n) is 9.32. The van der Waals surface area contributed by atoms with E-state index in [1.807, 2.05) is 29.3 Å². The Morgan fingerprint density at radius 3 is 2.96 bits per heavy atom. The zero-order valence-corrected chi connectivity index (χ0v) is 16.1. The number of carbonyl (C=O) groups is 1. The predicted molar refractivity (Wildman–Crippen MR) is 106 cm³/mol. The van der Waals surface area contributed by atoms with Crippen LogP contribution < -0.4 is 15.9 Å². The molecule has 5 nitrogen and oxygen atoms in total. The lowest BCUT2D eigenvalue weighted by Crippen LogP contribution is -2.54. The summed E-state index contributed by atoms with van der Waals surface area (Å²) >= 11 is 1.60. The van der Waals surface area contributed by atoms with Gasteiger partial charge in [0.15, 0.2) is 5.17 Å². The molecule has 1 N–H and O–H groups in total. The van der Waals surface area contributed by atoms with Gasteiger partial charge in [-0.2, -0.15) is 0 Å². The summed E-state index contributed by atoms with van der Waals surface area (Å²) in [4.78, 5) is 17.9. The Bertz CT molecular complexity index is 905. The molecule has 0 spiro atoms. The molecule has 2 unspecified atom stereocenters. The molecule has 2 aliphatic heterocycles. The van der Waals surface area contributed by atoms with Crippen molar-refractivity contribution in [1.29, 1.82) is 0 Å². The van der Waals surface area contributed by atoms with E-state index in [1.54, 1.807) is 11.8 Å². The summed E-state index contributed by atoms with van der Waals surface area (Å²) < 4.78 is 0. The van der Waals surface area contributed by atoms with Crippen molar-refractivity contribution >= 4 is 28.5 Å². The van der Waals surface area contributed by atoms with Gasteiger partial charge < -0.3 is 0 Å². The van der Waals surface area contributed by atoms with Crippen LogP contribution >= 0.6 is 11.8 Å². The van der Waals surface area contributed by atoms with Crippen molar-refractivity contribution in [3.63, 3.8) is 0 Å². The molecule has 6 heteroatoms. The maximum absolute atomic E-state index is 12.9. The lowest BCUT2D eigenvalue weighted by atomic mass is 9.87. The van der Waals surface area contributed by atoms with E-state index in [1.165, 1.54) is 5.57 Å². The van der Waals surface area contributed by atoms with Gasteiger partial charge in [0.05, 0.1) is 5.36 Å². The quantitative estimate of drug-likeness (QED) is 0.833. The molecule has 4 rings (SSSR count). The topological polar surface area (TPSA) is 57.1 Å². The fraction of sp³-hybridized carbons (Fsp3) is 0.450. The predicted octanol–water partition coefficient (Wildman–Crippen LogP) is 2.35. The highest BCUT2D eigenvalue weighted by atomic mass is 32.2. The molecule has 136 valence electrons. The van der Waals surface area contributed by atoms with E-state index in [9.17, 15) is 4.79 Å². The summed E-state index contributed by atoms with van der Waals surface area (Å²) in [7, 11) is 0. The number of rotatable bonds is 3.